The molecule has 0 amide bonds. The normalized spacial score (nSPS) is 8.79. The predicted molar refractivity (Wildman–Crippen MR) is 155 cm³/mol. The van der Waals surface area contributed by atoms with Crippen molar-refractivity contribution < 1.29 is 9.47 Å². The lowest BCUT2D eigenvalue weighted by Crippen LogP contribution is -2.18. The Hall–Kier alpha value is -1.64. The smallest absolute Gasteiger partial charge is 0.0515 e. The van der Waals surface area contributed by atoms with Gasteiger partial charge in [0.05, 0.1) is 12.2 Å². The van der Waals surface area contributed by atoms with Crippen LogP contribution < -0.4 is 0 Å². The molecule has 0 aromatic heterocycles. The third kappa shape index (κ3) is 26.5. The molecule has 33 heavy (non-hydrogen) atoms. The van der Waals surface area contributed by atoms with E-state index in [1.807, 2.05) is 83.1 Å². The molecule has 0 heterocycles. The predicted octanol–water partition coefficient (Wildman–Crippen LogP) is 10.2. The molecular weight excluding hydrogens is 404 g/mol. The fraction of sp³-hybridized carbons (Fsp3) is 0.613. The van der Waals surface area contributed by atoms with E-state index in [1.54, 1.807) is 14.2 Å². The second kappa shape index (κ2) is 32.5. The lowest BCUT2D eigenvalue weighted by atomic mass is 9.78. The monoisotopic (exact) mass is 464 g/mol. The van der Waals surface area contributed by atoms with Gasteiger partial charge in [-0.05, 0) is 38.8 Å². The van der Waals surface area contributed by atoms with E-state index >= 15 is 0 Å². The molecule has 0 radical (unpaired) electrons. The third-order valence-electron chi connectivity index (χ3n) is 3.93. The van der Waals surface area contributed by atoms with E-state index in [-0.39, 0.29) is 5.41 Å². The van der Waals surface area contributed by atoms with Gasteiger partial charge in [0.15, 0.2) is 0 Å². The third-order valence-corrected chi connectivity index (χ3v) is 3.93. The second-order valence-electron chi connectivity index (χ2n) is 6.93. The number of methoxy groups -OCH3 is 2. The highest BCUT2D eigenvalue weighted by Crippen LogP contribution is 2.30. The molecule has 0 unspecified atom stereocenters. The maximum absolute atomic E-state index is 4.75. The Morgan fingerprint density at radius 1 is 0.485 bits per heavy atom. The fourth-order valence-electron chi connectivity index (χ4n) is 1.88. The highest BCUT2D eigenvalue weighted by Gasteiger charge is 2.21. The zero-order valence-corrected chi connectivity index (χ0v) is 25.2. The average Bonchev–Trinajstić information content (AvgIpc) is 2.90. The van der Waals surface area contributed by atoms with E-state index in [1.165, 1.54) is 11.1 Å². The maximum Gasteiger partial charge on any atom is 0.0515 e. The van der Waals surface area contributed by atoms with Crippen LogP contribution in [-0.2, 0) is 14.9 Å². The minimum absolute atomic E-state index is 0.0858. The van der Waals surface area contributed by atoms with Crippen LogP contribution in [0.15, 0.2) is 60.7 Å². The first-order valence-electron chi connectivity index (χ1n) is 12.9. The quantitative estimate of drug-likeness (QED) is 0.448. The molecule has 0 aliphatic heterocycles. The average molecular weight is 465 g/mol. The highest BCUT2D eigenvalue weighted by molar-refractivity contribution is 5.36. The Morgan fingerprint density at radius 2 is 0.667 bits per heavy atom. The molecule has 2 aromatic rings. The molecule has 0 saturated heterocycles. The summed E-state index contributed by atoms with van der Waals surface area (Å²) in [6.45, 7) is 28.5. The zero-order chi connectivity index (χ0) is 27.3. The lowest BCUT2D eigenvalue weighted by Gasteiger charge is -2.25. The van der Waals surface area contributed by atoms with Crippen LogP contribution in [0.3, 0.4) is 0 Å². The molecule has 0 bridgehead atoms. The summed E-state index contributed by atoms with van der Waals surface area (Å²) in [5.41, 5.74) is 2.80. The number of ether oxygens (including phenoxy) is 2. The standard InChI is InChI=1S/C15H16.2C4H10O.4C2H6/c1-15(2,13-9-5-3-6-10-13)14-11-7-4-8-12-14;2*1-4(2)5-3;4*1-2/h3-12H,1-2H3;2*4H,1-3H3;4*1-2H3. The first-order valence-corrected chi connectivity index (χ1v) is 12.9. The summed E-state index contributed by atoms with van der Waals surface area (Å²) in [6.07, 6.45) is 0.769. The van der Waals surface area contributed by atoms with Crippen LogP contribution in [0.4, 0.5) is 0 Å². The zero-order valence-electron chi connectivity index (χ0n) is 25.2. The minimum atomic E-state index is 0.0858. The molecular formula is C31H60O2. The van der Waals surface area contributed by atoms with Crippen molar-refractivity contribution in [2.45, 2.75) is 115 Å². The first kappa shape index (κ1) is 41.6. The first-order chi connectivity index (χ1) is 15.8. The number of hydrogen-bond acceptors (Lipinski definition) is 2. The molecule has 0 aliphatic carbocycles. The van der Waals surface area contributed by atoms with Crippen molar-refractivity contribution in [2.24, 2.45) is 0 Å². The number of hydrogen-bond donors (Lipinski definition) is 0. The number of benzene rings is 2. The summed E-state index contributed by atoms with van der Waals surface area (Å²) in [6, 6.07) is 21.3. The molecule has 2 nitrogen and oxygen atoms in total. The SMILES string of the molecule is CC.CC.CC.CC.CC(C)(c1ccccc1)c1ccccc1.COC(C)C.COC(C)C. The van der Waals surface area contributed by atoms with Gasteiger partial charge < -0.3 is 9.47 Å². The van der Waals surface area contributed by atoms with Crippen LogP contribution >= 0.6 is 0 Å². The number of rotatable bonds is 4. The van der Waals surface area contributed by atoms with Gasteiger partial charge in [-0.1, -0.05) is 130 Å². The fourth-order valence-corrected chi connectivity index (χ4v) is 1.88. The Labute approximate surface area is 210 Å². The molecule has 2 heteroatoms. The summed E-state index contributed by atoms with van der Waals surface area (Å²) in [5, 5.41) is 0. The van der Waals surface area contributed by atoms with Crippen LogP contribution in [0, 0.1) is 0 Å². The largest absolute Gasteiger partial charge is 0.382 e. The van der Waals surface area contributed by atoms with E-state index in [4.69, 9.17) is 9.47 Å². The summed E-state index contributed by atoms with van der Waals surface area (Å²) >= 11 is 0. The molecule has 0 atom stereocenters. The maximum atomic E-state index is 4.75. The van der Waals surface area contributed by atoms with Gasteiger partial charge in [-0.2, -0.15) is 0 Å². The van der Waals surface area contributed by atoms with Crippen molar-refractivity contribution in [3.05, 3.63) is 71.8 Å². The van der Waals surface area contributed by atoms with E-state index in [9.17, 15) is 0 Å². The minimum Gasteiger partial charge on any atom is -0.382 e. The second-order valence-corrected chi connectivity index (χ2v) is 6.93. The van der Waals surface area contributed by atoms with E-state index in [2.05, 4.69) is 74.5 Å². The van der Waals surface area contributed by atoms with Crippen LogP contribution in [-0.4, -0.2) is 26.4 Å². The molecule has 0 spiro atoms. The van der Waals surface area contributed by atoms with Crippen molar-refractivity contribution in [3.63, 3.8) is 0 Å². The van der Waals surface area contributed by atoms with Crippen molar-refractivity contribution in [1.29, 1.82) is 0 Å². The van der Waals surface area contributed by atoms with Gasteiger partial charge in [-0.25, -0.2) is 0 Å². The Balaban J connectivity index is -0.000000122. The van der Waals surface area contributed by atoms with Crippen LogP contribution in [0.5, 0.6) is 0 Å². The molecule has 0 saturated carbocycles. The van der Waals surface area contributed by atoms with E-state index in [0.29, 0.717) is 12.2 Å². The van der Waals surface area contributed by atoms with Crippen LogP contribution in [0.1, 0.15) is 108 Å². The van der Waals surface area contributed by atoms with Crippen molar-refractivity contribution >= 4 is 0 Å². The summed E-state index contributed by atoms with van der Waals surface area (Å²) < 4.78 is 9.50. The molecule has 0 aliphatic rings. The van der Waals surface area contributed by atoms with Gasteiger partial charge >= 0.3 is 0 Å². The Bertz CT molecular complexity index is 482. The summed E-state index contributed by atoms with van der Waals surface area (Å²) in [7, 11) is 3.40. The Kier molecular flexibility index (Phi) is 41.0. The van der Waals surface area contributed by atoms with Crippen molar-refractivity contribution in [3.8, 4) is 0 Å². The van der Waals surface area contributed by atoms with Gasteiger partial charge in [-0.15, -0.1) is 0 Å². The highest BCUT2D eigenvalue weighted by atomic mass is 16.5. The van der Waals surface area contributed by atoms with E-state index < -0.39 is 0 Å². The Morgan fingerprint density at radius 3 is 0.818 bits per heavy atom. The van der Waals surface area contributed by atoms with Gasteiger partial charge in [0.1, 0.15) is 0 Å². The van der Waals surface area contributed by atoms with Crippen molar-refractivity contribution in [2.75, 3.05) is 14.2 Å². The van der Waals surface area contributed by atoms with Crippen molar-refractivity contribution in [1.82, 2.24) is 0 Å². The molecule has 0 N–H and O–H groups in total. The molecule has 2 aromatic carbocycles. The topological polar surface area (TPSA) is 18.5 Å². The van der Waals surface area contributed by atoms with E-state index in [0.717, 1.165) is 0 Å². The van der Waals surface area contributed by atoms with Gasteiger partial charge in [0.2, 0.25) is 0 Å². The lowest BCUT2D eigenvalue weighted by molar-refractivity contribution is 0.134. The van der Waals surface area contributed by atoms with Gasteiger partial charge in [-0.3, -0.25) is 0 Å². The molecule has 2 rings (SSSR count). The summed E-state index contributed by atoms with van der Waals surface area (Å²) in [4.78, 5) is 0. The van der Waals surface area contributed by atoms with Gasteiger partial charge in [0.25, 0.3) is 0 Å². The molecule has 0 fully saturated rings. The summed E-state index contributed by atoms with van der Waals surface area (Å²) in [5.74, 6) is 0. The molecule has 196 valence electrons. The van der Waals surface area contributed by atoms with Gasteiger partial charge in [0, 0.05) is 19.6 Å². The van der Waals surface area contributed by atoms with Crippen LogP contribution in [0.25, 0.3) is 0 Å². The van der Waals surface area contributed by atoms with Crippen LogP contribution in [0.2, 0.25) is 0 Å².